The highest BCUT2D eigenvalue weighted by molar-refractivity contribution is 6.03. The number of rotatable bonds is 9. The van der Waals surface area contributed by atoms with Gasteiger partial charge in [0.15, 0.2) is 11.6 Å². The number of hydrogen-bond donors (Lipinski definition) is 2. The first-order valence-electron chi connectivity index (χ1n) is 14.4. The fourth-order valence-corrected chi connectivity index (χ4v) is 5.75. The Morgan fingerprint density at radius 2 is 1.95 bits per heavy atom. The van der Waals surface area contributed by atoms with Crippen LogP contribution in [0.2, 0.25) is 0 Å². The van der Waals surface area contributed by atoms with Gasteiger partial charge in [-0.1, -0.05) is 50.1 Å². The van der Waals surface area contributed by atoms with E-state index in [0.29, 0.717) is 35.9 Å². The maximum absolute atomic E-state index is 12.5. The molecular formula is C30H46N6O2. The van der Waals surface area contributed by atoms with Crippen LogP contribution in [0.1, 0.15) is 72.6 Å². The van der Waals surface area contributed by atoms with Crippen molar-refractivity contribution >= 4 is 23.2 Å². The van der Waals surface area contributed by atoms with Gasteiger partial charge < -0.3 is 20.7 Å². The maximum atomic E-state index is 12.5. The molecule has 1 saturated heterocycles. The van der Waals surface area contributed by atoms with Gasteiger partial charge in [-0.15, -0.1) is 0 Å². The summed E-state index contributed by atoms with van der Waals surface area (Å²) in [5, 5.41) is 2.86. The predicted octanol–water partition coefficient (Wildman–Crippen LogP) is 5.35. The highest BCUT2D eigenvalue weighted by Gasteiger charge is 2.30. The van der Waals surface area contributed by atoms with E-state index in [2.05, 4.69) is 67.2 Å². The Balaban J connectivity index is 1.43. The number of hydrogen-bond acceptors (Lipinski definition) is 7. The van der Waals surface area contributed by atoms with E-state index in [9.17, 15) is 4.79 Å². The monoisotopic (exact) mass is 522 g/mol. The number of nitrogens with one attached hydrogen (secondary N) is 1. The molecule has 2 fully saturated rings. The lowest BCUT2D eigenvalue weighted by molar-refractivity contribution is -0.115. The van der Waals surface area contributed by atoms with Crippen LogP contribution in [0.3, 0.4) is 0 Å². The average molecular weight is 523 g/mol. The molecule has 1 aromatic heterocycles. The maximum Gasteiger partial charge on any atom is 0.320 e. The molecule has 3 heterocycles. The molecule has 0 radical (unpaired) electrons. The predicted molar refractivity (Wildman–Crippen MR) is 155 cm³/mol. The molecule has 1 amide bonds. The lowest BCUT2D eigenvalue weighted by Gasteiger charge is -2.33. The zero-order valence-electron chi connectivity index (χ0n) is 23.7. The highest BCUT2D eigenvalue weighted by atomic mass is 16.5. The fourth-order valence-electron chi connectivity index (χ4n) is 5.75. The van der Waals surface area contributed by atoms with Crippen LogP contribution < -0.4 is 20.7 Å². The summed E-state index contributed by atoms with van der Waals surface area (Å²) in [5.74, 6) is 2.05. The Kier molecular flexibility index (Phi) is 9.83. The van der Waals surface area contributed by atoms with Gasteiger partial charge in [0, 0.05) is 13.1 Å². The summed E-state index contributed by atoms with van der Waals surface area (Å²) < 4.78 is 6.25. The van der Waals surface area contributed by atoms with Crippen molar-refractivity contribution in [3.05, 3.63) is 35.5 Å². The van der Waals surface area contributed by atoms with Crippen molar-refractivity contribution in [2.24, 2.45) is 11.8 Å². The number of allylic oxidation sites excluding steroid dienone is 3. The Bertz CT molecular complexity index is 1060. The second kappa shape index (κ2) is 13.3. The van der Waals surface area contributed by atoms with Gasteiger partial charge in [-0.25, -0.2) is 0 Å². The molecule has 4 rings (SSSR count). The van der Waals surface area contributed by atoms with E-state index in [1.54, 1.807) is 0 Å². The topological polar surface area (TPSA) is 96.6 Å². The summed E-state index contributed by atoms with van der Waals surface area (Å²) in [5.41, 5.74) is 9.20. The third-order valence-electron chi connectivity index (χ3n) is 8.03. The normalized spacial score (nSPS) is 23.6. The van der Waals surface area contributed by atoms with Gasteiger partial charge in [0.25, 0.3) is 0 Å². The number of aromatic nitrogens is 2. The van der Waals surface area contributed by atoms with Crippen LogP contribution in [-0.4, -0.2) is 59.6 Å². The van der Waals surface area contributed by atoms with Crippen LogP contribution in [-0.2, 0) is 4.79 Å². The molecule has 0 bridgehead atoms. The minimum atomic E-state index is -0.116. The molecule has 8 heteroatoms. The van der Waals surface area contributed by atoms with Crippen LogP contribution in [0.25, 0.3) is 0 Å². The fraction of sp³-hybridized carbons (Fsp3) is 0.633. The first kappa shape index (κ1) is 28.1. The molecule has 3 aliphatic rings. The van der Waals surface area contributed by atoms with Crippen LogP contribution in [0, 0.1) is 11.8 Å². The number of nitrogen functional groups attached to an aromatic ring is 1. The van der Waals surface area contributed by atoms with Crippen LogP contribution in [0.15, 0.2) is 35.5 Å². The van der Waals surface area contributed by atoms with Crippen LogP contribution >= 0.6 is 0 Å². The lowest BCUT2D eigenvalue weighted by Crippen LogP contribution is -2.40. The first-order valence-corrected chi connectivity index (χ1v) is 14.4. The van der Waals surface area contributed by atoms with E-state index < -0.39 is 0 Å². The van der Waals surface area contributed by atoms with Crippen molar-refractivity contribution in [3.63, 3.8) is 0 Å². The Morgan fingerprint density at radius 1 is 1.16 bits per heavy atom. The number of carbonyl (C=O) groups excluding carboxylic acids is 1. The molecule has 3 N–H and O–H groups in total. The molecule has 1 saturated carbocycles. The van der Waals surface area contributed by atoms with E-state index in [-0.39, 0.29) is 24.4 Å². The van der Waals surface area contributed by atoms with Crippen LogP contribution in [0.5, 0.6) is 6.01 Å². The molecule has 8 nitrogen and oxygen atoms in total. The van der Waals surface area contributed by atoms with E-state index in [1.807, 2.05) is 4.90 Å². The van der Waals surface area contributed by atoms with Crippen molar-refractivity contribution < 1.29 is 9.53 Å². The number of fused-ring (bicyclic) bond motifs is 1. The molecule has 0 spiro atoms. The van der Waals surface area contributed by atoms with Crippen LogP contribution in [0.4, 0.5) is 17.3 Å². The van der Waals surface area contributed by atoms with E-state index in [1.165, 1.54) is 44.3 Å². The summed E-state index contributed by atoms with van der Waals surface area (Å²) in [6.07, 6.45) is 17.1. The highest BCUT2D eigenvalue weighted by Crippen LogP contribution is 2.36. The van der Waals surface area contributed by atoms with Gasteiger partial charge in [-0.05, 0) is 82.9 Å². The van der Waals surface area contributed by atoms with Crippen molar-refractivity contribution in [2.45, 2.75) is 78.7 Å². The molecule has 38 heavy (non-hydrogen) atoms. The number of anilines is 3. The Labute approximate surface area is 228 Å². The van der Waals surface area contributed by atoms with Crippen molar-refractivity contribution in [3.8, 4) is 6.01 Å². The van der Waals surface area contributed by atoms with Gasteiger partial charge in [0.2, 0.25) is 5.91 Å². The smallest absolute Gasteiger partial charge is 0.320 e. The zero-order chi connectivity index (χ0) is 27.1. The minimum absolute atomic E-state index is 0.0951. The second-order valence-electron chi connectivity index (χ2n) is 11.5. The molecule has 2 atom stereocenters. The average Bonchev–Trinajstić information content (AvgIpc) is 2.89. The molecule has 208 valence electrons. The molecule has 1 aromatic rings. The number of ether oxygens (including phenoxy) is 1. The second-order valence-corrected chi connectivity index (χ2v) is 11.5. The van der Waals surface area contributed by atoms with E-state index in [0.717, 1.165) is 31.4 Å². The quantitative estimate of drug-likeness (QED) is 0.422. The molecule has 0 aromatic carbocycles. The van der Waals surface area contributed by atoms with Gasteiger partial charge in [-0.2, -0.15) is 9.97 Å². The lowest BCUT2D eigenvalue weighted by atomic mass is 9.80. The van der Waals surface area contributed by atoms with E-state index in [4.69, 9.17) is 15.5 Å². The Hall–Kier alpha value is -2.87. The van der Waals surface area contributed by atoms with Crippen molar-refractivity contribution in [1.29, 1.82) is 0 Å². The number of amides is 1. The molecule has 2 unspecified atom stereocenters. The summed E-state index contributed by atoms with van der Waals surface area (Å²) in [4.78, 5) is 26.1. The van der Waals surface area contributed by atoms with Gasteiger partial charge >= 0.3 is 6.01 Å². The third kappa shape index (κ3) is 7.59. The van der Waals surface area contributed by atoms with Gasteiger partial charge in [0.05, 0.1) is 6.54 Å². The van der Waals surface area contributed by atoms with Gasteiger partial charge in [0.1, 0.15) is 11.8 Å². The Morgan fingerprint density at radius 3 is 2.68 bits per heavy atom. The van der Waals surface area contributed by atoms with Gasteiger partial charge in [-0.3, -0.25) is 9.69 Å². The summed E-state index contributed by atoms with van der Waals surface area (Å²) in [7, 11) is 0. The van der Waals surface area contributed by atoms with E-state index >= 15 is 0 Å². The summed E-state index contributed by atoms with van der Waals surface area (Å²) in [6, 6.07) is 0.300. The van der Waals surface area contributed by atoms with Crippen molar-refractivity contribution in [1.82, 2.24) is 14.9 Å². The number of likely N-dealkylation sites (tertiary alicyclic amines) is 1. The number of nitrogens with zero attached hydrogens (tertiary/aromatic N) is 4. The number of piperidine rings is 1. The summed E-state index contributed by atoms with van der Waals surface area (Å²) >= 11 is 0. The number of nitrogens with two attached hydrogens (primary N) is 1. The summed E-state index contributed by atoms with van der Waals surface area (Å²) in [6.45, 7) is 12.9. The van der Waals surface area contributed by atoms with Crippen molar-refractivity contribution in [2.75, 3.05) is 48.7 Å². The third-order valence-corrected chi connectivity index (χ3v) is 8.03. The zero-order valence-corrected chi connectivity index (χ0v) is 23.7. The molecule has 2 aliphatic heterocycles. The largest absolute Gasteiger partial charge is 0.460 e. The molecule has 1 aliphatic carbocycles. The molecular weight excluding hydrogens is 476 g/mol. The standard InChI is InChI=1S/C30H46N6O2/c1-5-23(19-35-15-7-6-8-16-35)12-9-11-22(4)18-36-20-26(37)32-27-28(31)33-30(34-29(27)36)38-25-14-10-13-24(17-25)21(2)3/h5,9,11-12,21,24-25H,6-8,10,13-20H2,1-4H3,(H,32,37)(H2,31,33,34)/b12-9-,22-11+,23-5+. The minimum Gasteiger partial charge on any atom is -0.460 e. The first-order chi connectivity index (χ1) is 18.3. The number of carbonyl (C=O) groups is 1. The SMILES string of the molecule is C\C=C(/C=C\C=C(/C)CN1CC(=O)Nc2c(N)nc(OC3CCCC(C(C)C)C3)nc21)CN1CCCCC1.